The predicted molar refractivity (Wildman–Crippen MR) is 80.3 cm³/mol. The second-order valence-corrected chi connectivity index (χ2v) is 5.87. The molecule has 3 N–H and O–H groups in total. The van der Waals surface area contributed by atoms with E-state index in [9.17, 15) is 9.59 Å². The molecule has 0 heterocycles. The van der Waals surface area contributed by atoms with E-state index in [4.69, 9.17) is 0 Å². The van der Waals surface area contributed by atoms with Crippen LogP contribution < -0.4 is 16.0 Å². The van der Waals surface area contributed by atoms with Crippen molar-refractivity contribution < 1.29 is 9.59 Å². The first-order chi connectivity index (χ1) is 9.54. The number of amides is 3. The third kappa shape index (κ3) is 4.94. The van der Waals surface area contributed by atoms with Crippen LogP contribution in [0.5, 0.6) is 0 Å². The van der Waals surface area contributed by atoms with Gasteiger partial charge in [-0.15, -0.1) is 0 Å². The molecule has 0 radical (unpaired) electrons. The third-order valence-electron chi connectivity index (χ3n) is 3.08. The van der Waals surface area contributed by atoms with E-state index < -0.39 is 6.03 Å². The van der Waals surface area contributed by atoms with Crippen molar-refractivity contribution >= 4 is 27.9 Å². The highest BCUT2D eigenvalue weighted by Crippen LogP contribution is 2.18. The molecule has 1 atom stereocenters. The zero-order valence-electron chi connectivity index (χ0n) is 11.3. The number of nitrogens with one attached hydrogen (secondary N) is 3. The lowest BCUT2D eigenvalue weighted by molar-refractivity contribution is -0.119. The van der Waals surface area contributed by atoms with E-state index in [1.807, 2.05) is 31.2 Å². The molecule has 0 aromatic heterocycles. The Morgan fingerprint density at radius 1 is 1.40 bits per heavy atom. The van der Waals surface area contributed by atoms with E-state index in [0.717, 1.165) is 22.9 Å². The maximum absolute atomic E-state index is 11.6. The van der Waals surface area contributed by atoms with Gasteiger partial charge in [0.2, 0.25) is 5.91 Å². The molecule has 5 nitrogen and oxygen atoms in total. The average Bonchev–Trinajstić information content (AvgIpc) is 3.19. The quantitative estimate of drug-likeness (QED) is 0.769. The average molecular weight is 340 g/mol. The van der Waals surface area contributed by atoms with Crippen molar-refractivity contribution in [3.05, 3.63) is 34.3 Å². The van der Waals surface area contributed by atoms with Crippen LogP contribution >= 0.6 is 15.9 Å². The Balaban J connectivity index is 1.73. The van der Waals surface area contributed by atoms with Gasteiger partial charge in [0, 0.05) is 16.6 Å². The van der Waals surface area contributed by atoms with Gasteiger partial charge in [0.25, 0.3) is 0 Å². The first-order valence-corrected chi connectivity index (χ1v) is 7.43. The summed E-state index contributed by atoms with van der Waals surface area (Å²) in [7, 11) is 0. The second kappa shape index (κ2) is 6.85. The Morgan fingerprint density at radius 3 is 2.80 bits per heavy atom. The van der Waals surface area contributed by atoms with Gasteiger partial charge in [0.05, 0.1) is 6.54 Å². The lowest BCUT2D eigenvalue weighted by Crippen LogP contribution is -2.44. The summed E-state index contributed by atoms with van der Waals surface area (Å²) in [6, 6.07) is 7.75. The molecule has 3 amide bonds. The van der Waals surface area contributed by atoms with E-state index in [1.165, 1.54) is 0 Å². The molecule has 20 heavy (non-hydrogen) atoms. The smallest absolute Gasteiger partial charge is 0.321 e. The van der Waals surface area contributed by atoms with Gasteiger partial charge in [-0.25, -0.2) is 4.79 Å². The van der Waals surface area contributed by atoms with E-state index in [0.29, 0.717) is 0 Å². The SMILES string of the molecule is C[C@@H](NCC(=O)NC(=O)NC1CC1)c1cccc(Br)c1. The first-order valence-electron chi connectivity index (χ1n) is 6.64. The van der Waals surface area contributed by atoms with E-state index >= 15 is 0 Å². The largest absolute Gasteiger partial charge is 0.335 e. The van der Waals surface area contributed by atoms with Crippen LogP contribution in [0.3, 0.4) is 0 Å². The van der Waals surface area contributed by atoms with Crippen LogP contribution in [-0.4, -0.2) is 24.5 Å². The summed E-state index contributed by atoms with van der Waals surface area (Å²) in [6.45, 7) is 2.07. The summed E-state index contributed by atoms with van der Waals surface area (Å²) in [5, 5.41) is 8.10. The molecule has 1 aromatic rings. The summed E-state index contributed by atoms with van der Waals surface area (Å²) in [5.41, 5.74) is 1.08. The fourth-order valence-electron chi connectivity index (χ4n) is 1.76. The number of carbonyl (C=O) groups excluding carboxylic acids is 2. The van der Waals surface area contributed by atoms with Crippen LogP contribution in [0.15, 0.2) is 28.7 Å². The molecule has 108 valence electrons. The molecule has 0 saturated heterocycles. The molecular formula is C14H18BrN3O2. The van der Waals surface area contributed by atoms with Crippen LogP contribution in [0.1, 0.15) is 31.4 Å². The number of urea groups is 1. The van der Waals surface area contributed by atoms with E-state index in [1.54, 1.807) is 0 Å². The zero-order chi connectivity index (χ0) is 14.5. The number of benzene rings is 1. The maximum atomic E-state index is 11.6. The summed E-state index contributed by atoms with van der Waals surface area (Å²) >= 11 is 3.41. The molecule has 0 spiro atoms. The first kappa shape index (κ1) is 15.0. The molecule has 1 aliphatic carbocycles. The molecule has 1 fully saturated rings. The van der Waals surface area contributed by atoms with E-state index in [2.05, 4.69) is 31.9 Å². The third-order valence-corrected chi connectivity index (χ3v) is 3.58. The maximum Gasteiger partial charge on any atom is 0.321 e. The van der Waals surface area contributed by atoms with Crippen molar-refractivity contribution in [2.24, 2.45) is 0 Å². The van der Waals surface area contributed by atoms with Crippen LogP contribution in [0.25, 0.3) is 0 Å². The number of imide groups is 1. The zero-order valence-corrected chi connectivity index (χ0v) is 12.9. The Bertz CT molecular complexity index is 503. The summed E-state index contributed by atoms with van der Waals surface area (Å²) in [4.78, 5) is 23.0. The van der Waals surface area contributed by atoms with Gasteiger partial charge in [-0.05, 0) is 37.5 Å². The molecule has 0 unspecified atom stereocenters. The molecule has 1 aromatic carbocycles. The Morgan fingerprint density at radius 2 is 2.15 bits per heavy atom. The number of rotatable bonds is 5. The minimum atomic E-state index is -0.408. The monoisotopic (exact) mass is 339 g/mol. The minimum absolute atomic E-state index is 0.0322. The second-order valence-electron chi connectivity index (χ2n) is 4.95. The Labute approximate surface area is 126 Å². The predicted octanol–water partition coefficient (Wildman–Crippen LogP) is 2.09. The van der Waals surface area contributed by atoms with Crippen molar-refractivity contribution in [2.75, 3.05) is 6.54 Å². The van der Waals surface area contributed by atoms with Gasteiger partial charge in [0.15, 0.2) is 0 Å². The number of carbonyl (C=O) groups is 2. The fraction of sp³-hybridized carbons (Fsp3) is 0.429. The van der Waals surface area contributed by atoms with Gasteiger partial charge >= 0.3 is 6.03 Å². The van der Waals surface area contributed by atoms with Crippen molar-refractivity contribution in [1.29, 1.82) is 0 Å². The minimum Gasteiger partial charge on any atom is -0.335 e. The standard InChI is InChI=1S/C14H18BrN3O2/c1-9(10-3-2-4-11(15)7-10)16-8-13(19)18-14(20)17-12-5-6-12/h2-4,7,9,12,16H,5-6,8H2,1H3,(H2,17,18,19,20)/t9-/m1/s1. The molecular weight excluding hydrogens is 322 g/mol. The number of halogens is 1. The summed E-state index contributed by atoms with van der Waals surface area (Å²) in [6.07, 6.45) is 2.00. The topological polar surface area (TPSA) is 70.2 Å². The van der Waals surface area contributed by atoms with Crippen LogP contribution in [-0.2, 0) is 4.79 Å². The fourth-order valence-corrected chi connectivity index (χ4v) is 2.18. The normalized spacial score (nSPS) is 15.5. The highest BCUT2D eigenvalue weighted by molar-refractivity contribution is 9.10. The highest BCUT2D eigenvalue weighted by Gasteiger charge is 2.23. The van der Waals surface area contributed by atoms with Crippen molar-refractivity contribution in [3.8, 4) is 0 Å². The van der Waals surface area contributed by atoms with Gasteiger partial charge in [-0.2, -0.15) is 0 Å². The van der Waals surface area contributed by atoms with Crippen molar-refractivity contribution in [2.45, 2.75) is 31.8 Å². The Kier molecular flexibility index (Phi) is 5.14. The van der Waals surface area contributed by atoms with Gasteiger partial charge in [-0.3, -0.25) is 10.1 Å². The molecule has 0 bridgehead atoms. The van der Waals surface area contributed by atoms with Crippen LogP contribution in [0, 0.1) is 0 Å². The van der Waals surface area contributed by atoms with Crippen molar-refractivity contribution in [1.82, 2.24) is 16.0 Å². The number of hydrogen-bond acceptors (Lipinski definition) is 3. The highest BCUT2D eigenvalue weighted by atomic mass is 79.9. The molecule has 6 heteroatoms. The Hall–Kier alpha value is -1.40. The molecule has 1 saturated carbocycles. The van der Waals surface area contributed by atoms with Gasteiger partial charge in [-0.1, -0.05) is 28.1 Å². The van der Waals surface area contributed by atoms with Gasteiger partial charge < -0.3 is 10.6 Å². The lowest BCUT2D eigenvalue weighted by Gasteiger charge is -2.14. The number of hydrogen-bond donors (Lipinski definition) is 3. The summed E-state index contributed by atoms with van der Waals surface area (Å²) in [5.74, 6) is -0.329. The lowest BCUT2D eigenvalue weighted by atomic mass is 10.1. The van der Waals surface area contributed by atoms with Gasteiger partial charge in [0.1, 0.15) is 0 Å². The van der Waals surface area contributed by atoms with E-state index in [-0.39, 0.29) is 24.5 Å². The van der Waals surface area contributed by atoms with Crippen LogP contribution in [0.4, 0.5) is 4.79 Å². The molecule has 2 rings (SSSR count). The molecule has 0 aliphatic heterocycles. The van der Waals surface area contributed by atoms with Crippen molar-refractivity contribution in [3.63, 3.8) is 0 Å². The molecule has 1 aliphatic rings. The summed E-state index contributed by atoms with van der Waals surface area (Å²) < 4.78 is 0.997. The van der Waals surface area contributed by atoms with Crippen LogP contribution in [0.2, 0.25) is 0 Å².